The minimum absolute atomic E-state index is 0.0229. The van der Waals surface area contributed by atoms with Gasteiger partial charge < -0.3 is 15.4 Å². The van der Waals surface area contributed by atoms with E-state index < -0.39 is 11.8 Å². The van der Waals surface area contributed by atoms with Gasteiger partial charge in [0.05, 0.1) is 11.9 Å². The summed E-state index contributed by atoms with van der Waals surface area (Å²) in [6.07, 6.45) is 2.22. The van der Waals surface area contributed by atoms with E-state index in [0.717, 1.165) is 19.5 Å². The molecule has 0 bridgehead atoms. The minimum Gasteiger partial charge on any atom is -0.439 e. The molecular weight excluding hydrogens is 363 g/mol. The Morgan fingerprint density at radius 3 is 2.54 bits per heavy atom. The standard InChI is InChI=1S/C20H23FN4O3/c1-13(2)25-10-9-16(12-25)24-20(27)19(26)23-15-5-8-18(22-11-15)28-17-6-3-14(21)4-7-17/h3-8,11,13,16H,9-10,12H2,1-2H3,(H,23,26)(H,24,27). The number of ether oxygens (including phenoxy) is 1. The maximum Gasteiger partial charge on any atom is 0.313 e. The fourth-order valence-corrected chi connectivity index (χ4v) is 2.95. The first-order valence-corrected chi connectivity index (χ1v) is 9.16. The Morgan fingerprint density at radius 2 is 1.93 bits per heavy atom. The number of carbonyl (C=O) groups excluding carboxylic acids is 2. The second-order valence-electron chi connectivity index (χ2n) is 6.94. The lowest BCUT2D eigenvalue weighted by Crippen LogP contribution is -2.43. The Kier molecular flexibility index (Phi) is 6.20. The summed E-state index contributed by atoms with van der Waals surface area (Å²) < 4.78 is 18.4. The number of nitrogens with one attached hydrogen (secondary N) is 2. The molecule has 8 heteroatoms. The van der Waals surface area contributed by atoms with E-state index in [0.29, 0.717) is 17.5 Å². The van der Waals surface area contributed by atoms with Gasteiger partial charge in [0.25, 0.3) is 0 Å². The van der Waals surface area contributed by atoms with Crippen LogP contribution in [0, 0.1) is 5.82 Å². The fourth-order valence-electron chi connectivity index (χ4n) is 2.95. The molecule has 2 aromatic rings. The van der Waals surface area contributed by atoms with Crippen molar-refractivity contribution in [2.45, 2.75) is 32.4 Å². The second-order valence-corrected chi connectivity index (χ2v) is 6.94. The number of carbonyl (C=O) groups is 2. The van der Waals surface area contributed by atoms with Gasteiger partial charge in [0.1, 0.15) is 11.6 Å². The molecule has 2 amide bonds. The summed E-state index contributed by atoms with van der Waals surface area (Å²) >= 11 is 0. The van der Waals surface area contributed by atoms with E-state index in [1.165, 1.54) is 30.5 Å². The highest BCUT2D eigenvalue weighted by Gasteiger charge is 2.27. The fraction of sp³-hybridized carbons (Fsp3) is 0.350. The largest absolute Gasteiger partial charge is 0.439 e. The molecule has 1 aromatic carbocycles. The molecule has 0 aliphatic carbocycles. The molecule has 1 fully saturated rings. The summed E-state index contributed by atoms with van der Waals surface area (Å²) in [5.41, 5.74) is 0.377. The Hall–Kier alpha value is -3.00. The van der Waals surface area contributed by atoms with Crippen molar-refractivity contribution in [2.24, 2.45) is 0 Å². The lowest BCUT2D eigenvalue weighted by molar-refractivity contribution is -0.136. The molecule has 148 valence electrons. The van der Waals surface area contributed by atoms with Crippen LogP contribution in [0.1, 0.15) is 20.3 Å². The van der Waals surface area contributed by atoms with E-state index in [1.54, 1.807) is 12.1 Å². The van der Waals surface area contributed by atoms with Crippen LogP contribution in [0.3, 0.4) is 0 Å². The average molecular weight is 386 g/mol. The predicted molar refractivity (Wildman–Crippen MR) is 103 cm³/mol. The summed E-state index contributed by atoms with van der Waals surface area (Å²) in [6, 6.07) is 9.06. The highest BCUT2D eigenvalue weighted by Crippen LogP contribution is 2.20. The van der Waals surface area contributed by atoms with Gasteiger partial charge in [0, 0.05) is 31.2 Å². The zero-order valence-electron chi connectivity index (χ0n) is 15.8. The van der Waals surface area contributed by atoms with E-state index in [4.69, 9.17) is 4.74 Å². The first kappa shape index (κ1) is 19.8. The summed E-state index contributed by atoms with van der Waals surface area (Å²) in [5, 5.41) is 5.28. The van der Waals surface area contributed by atoms with Gasteiger partial charge in [0.2, 0.25) is 5.88 Å². The molecule has 1 atom stereocenters. The number of hydrogen-bond acceptors (Lipinski definition) is 5. The SMILES string of the molecule is CC(C)N1CCC(NC(=O)C(=O)Nc2ccc(Oc3ccc(F)cc3)nc2)C1. The van der Waals surface area contributed by atoms with Crippen molar-refractivity contribution < 1.29 is 18.7 Å². The van der Waals surface area contributed by atoms with Crippen LogP contribution in [0.25, 0.3) is 0 Å². The van der Waals surface area contributed by atoms with E-state index in [2.05, 4.69) is 34.4 Å². The highest BCUT2D eigenvalue weighted by atomic mass is 19.1. The van der Waals surface area contributed by atoms with Crippen LogP contribution in [0.4, 0.5) is 10.1 Å². The number of halogens is 1. The van der Waals surface area contributed by atoms with Gasteiger partial charge >= 0.3 is 11.8 Å². The van der Waals surface area contributed by atoms with Crippen molar-refractivity contribution in [1.82, 2.24) is 15.2 Å². The third-order valence-electron chi connectivity index (χ3n) is 4.52. The minimum atomic E-state index is -0.739. The first-order chi connectivity index (χ1) is 13.4. The van der Waals surface area contributed by atoms with Crippen LogP contribution in [0.5, 0.6) is 11.6 Å². The third-order valence-corrected chi connectivity index (χ3v) is 4.52. The number of likely N-dealkylation sites (tertiary alicyclic amines) is 1. The van der Waals surface area contributed by atoms with Crippen LogP contribution in [-0.4, -0.2) is 46.9 Å². The number of benzene rings is 1. The molecule has 1 aliphatic heterocycles. The summed E-state index contributed by atoms with van der Waals surface area (Å²) in [7, 11) is 0. The van der Waals surface area contributed by atoms with Crippen LogP contribution in [0.2, 0.25) is 0 Å². The predicted octanol–water partition coefficient (Wildman–Crippen LogP) is 2.55. The van der Waals surface area contributed by atoms with Crippen molar-refractivity contribution in [3.63, 3.8) is 0 Å². The summed E-state index contributed by atoms with van der Waals surface area (Å²) in [5.74, 6) is -1.03. The zero-order chi connectivity index (χ0) is 20.1. The van der Waals surface area contributed by atoms with Crippen molar-refractivity contribution in [3.8, 4) is 11.6 Å². The molecule has 1 saturated heterocycles. The summed E-state index contributed by atoms with van der Waals surface area (Å²) in [4.78, 5) is 30.5. The highest BCUT2D eigenvalue weighted by molar-refractivity contribution is 6.39. The Labute approximate surface area is 162 Å². The lowest BCUT2D eigenvalue weighted by atomic mass is 10.2. The zero-order valence-corrected chi connectivity index (χ0v) is 15.8. The van der Waals surface area contributed by atoms with Gasteiger partial charge in [0.15, 0.2) is 0 Å². The molecule has 0 spiro atoms. The number of amides is 2. The quantitative estimate of drug-likeness (QED) is 0.772. The number of hydrogen-bond donors (Lipinski definition) is 2. The summed E-state index contributed by atoms with van der Waals surface area (Å²) in [6.45, 7) is 5.86. The molecule has 2 heterocycles. The smallest absolute Gasteiger partial charge is 0.313 e. The Balaban J connectivity index is 1.50. The normalized spacial score (nSPS) is 16.8. The molecule has 0 saturated carbocycles. The van der Waals surface area contributed by atoms with Crippen molar-refractivity contribution in [2.75, 3.05) is 18.4 Å². The van der Waals surface area contributed by atoms with Gasteiger partial charge in [-0.05, 0) is 50.6 Å². The number of aromatic nitrogens is 1. The van der Waals surface area contributed by atoms with Crippen molar-refractivity contribution >= 4 is 17.5 Å². The number of pyridine rings is 1. The molecule has 7 nitrogen and oxygen atoms in total. The molecule has 1 aliphatic rings. The van der Waals surface area contributed by atoms with E-state index >= 15 is 0 Å². The molecule has 1 aromatic heterocycles. The maximum absolute atomic E-state index is 12.9. The molecule has 28 heavy (non-hydrogen) atoms. The molecule has 2 N–H and O–H groups in total. The van der Waals surface area contributed by atoms with Crippen LogP contribution in [-0.2, 0) is 9.59 Å². The van der Waals surface area contributed by atoms with Crippen molar-refractivity contribution in [1.29, 1.82) is 0 Å². The topological polar surface area (TPSA) is 83.6 Å². The van der Waals surface area contributed by atoms with Crippen LogP contribution >= 0.6 is 0 Å². The molecule has 0 radical (unpaired) electrons. The number of anilines is 1. The van der Waals surface area contributed by atoms with Crippen LogP contribution < -0.4 is 15.4 Å². The monoisotopic (exact) mass is 386 g/mol. The maximum atomic E-state index is 12.9. The van der Waals surface area contributed by atoms with E-state index in [-0.39, 0.29) is 17.7 Å². The Bertz CT molecular complexity index is 824. The third kappa shape index (κ3) is 5.26. The van der Waals surface area contributed by atoms with E-state index in [1.807, 2.05) is 0 Å². The van der Waals surface area contributed by atoms with E-state index in [9.17, 15) is 14.0 Å². The van der Waals surface area contributed by atoms with Crippen molar-refractivity contribution in [3.05, 3.63) is 48.4 Å². The Morgan fingerprint density at radius 1 is 1.18 bits per heavy atom. The molecular formula is C20H23FN4O3. The molecule has 1 unspecified atom stereocenters. The van der Waals surface area contributed by atoms with Gasteiger partial charge in [-0.25, -0.2) is 9.37 Å². The molecule has 3 rings (SSSR count). The number of rotatable bonds is 5. The van der Waals surface area contributed by atoms with Gasteiger partial charge in [-0.2, -0.15) is 0 Å². The number of nitrogens with zero attached hydrogens (tertiary/aromatic N) is 2. The van der Waals surface area contributed by atoms with Gasteiger partial charge in [-0.15, -0.1) is 0 Å². The average Bonchev–Trinajstić information content (AvgIpc) is 3.14. The van der Waals surface area contributed by atoms with Gasteiger partial charge in [-0.1, -0.05) is 0 Å². The second kappa shape index (κ2) is 8.79. The first-order valence-electron chi connectivity index (χ1n) is 9.16. The van der Waals surface area contributed by atoms with Crippen LogP contribution in [0.15, 0.2) is 42.6 Å². The lowest BCUT2D eigenvalue weighted by Gasteiger charge is -2.20. The van der Waals surface area contributed by atoms with Gasteiger partial charge in [-0.3, -0.25) is 14.5 Å².